The van der Waals surface area contributed by atoms with Crippen molar-refractivity contribution in [3.05, 3.63) is 20.8 Å². The summed E-state index contributed by atoms with van der Waals surface area (Å²) in [5.74, 6) is -0.566. The van der Waals surface area contributed by atoms with Crippen molar-refractivity contribution in [2.24, 2.45) is 0 Å². The lowest BCUT2D eigenvalue weighted by Crippen LogP contribution is -2.40. The Bertz CT molecular complexity index is 417. The van der Waals surface area contributed by atoms with Crippen LogP contribution in [0.25, 0.3) is 0 Å². The maximum atomic E-state index is 12.2. The minimum Gasteiger partial charge on any atom is -0.468 e. The van der Waals surface area contributed by atoms with Gasteiger partial charge in [-0.2, -0.15) is 0 Å². The molecule has 0 radical (unpaired) electrons. The molecule has 0 saturated heterocycles. The molecular formula is C11H14BrNO3S. The molecule has 0 unspecified atom stereocenters. The summed E-state index contributed by atoms with van der Waals surface area (Å²) in [6.45, 7) is 3.70. The van der Waals surface area contributed by atoms with Crippen molar-refractivity contribution >= 4 is 39.1 Å². The summed E-state index contributed by atoms with van der Waals surface area (Å²) in [7, 11) is 1.31. The molecule has 0 aliphatic carbocycles. The van der Waals surface area contributed by atoms with E-state index in [0.29, 0.717) is 4.88 Å². The fourth-order valence-corrected chi connectivity index (χ4v) is 2.61. The number of carbonyl (C=O) groups is 2. The van der Waals surface area contributed by atoms with Gasteiger partial charge < -0.3 is 9.64 Å². The number of hydrogen-bond donors (Lipinski definition) is 0. The smallest absolute Gasteiger partial charge is 0.325 e. The molecule has 0 aliphatic heterocycles. The molecule has 0 aromatic carbocycles. The minimum atomic E-state index is -0.414. The molecule has 0 spiro atoms. The van der Waals surface area contributed by atoms with Gasteiger partial charge in [0, 0.05) is 6.04 Å². The Morgan fingerprint density at radius 2 is 2.12 bits per heavy atom. The summed E-state index contributed by atoms with van der Waals surface area (Å²) in [6.07, 6.45) is 0. The van der Waals surface area contributed by atoms with Crippen LogP contribution in [0.15, 0.2) is 15.9 Å². The Labute approximate surface area is 113 Å². The summed E-state index contributed by atoms with van der Waals surface area (Å²) < 4.78 is 5.47. The zero-order chi connectivity index (χ0) is 13.0. The number of esters is 1. The first-order chi connectivity index (χ1) is 7.95. The lowest BCUT2D eigenvalue weighted by atomic mass is 10.3. The molecule has 0 bridgehead atoms. The first-order valence-corrected chi connectivity index (χ1v) is 6.69. The van der Waals surface area contributed by atoms with Crippen molar-refractivity contribution < 1.29 is 14.3 Å². The molecule has 0 saturated carbocycles. The third kappa shape index (κ3) is 3.81. The molecule has 0 fully saturated rings. The van der Waals surface area contributed by atoms with Gasteiger partial charge in [0.05, 0.1) is 15.8 Å². The normalized spacial score (nSPS) is 10.4. The van der Waals surface area contributed by atoms with Crippen molar-refractivity contribution in [1.82, 2.24) is 4.90 Å². The van der Waals surface area contributed by atoms with Gasteiger partial charge in [-0.1, -0.05) is 0 Å². The molecule has 1 rings (SSSR count). The summed E-state index contributed by atoms with van der Waals surface area (Å²) in [5, 5.41) is 0. The quantitative estimate of drug-likeness (QED) is 0.801. The number of ether oxygens (including phenoxy) is 1. The van der Waals surface area contributed by atoms with Crippen LogP contribution < -0.4 is 0 Å². The largest absolute Gasteiger partial charge is 0.468 e. The topological polar surface area (TPSA) is 46.6 Å². The molecule has 1 aromatic rings. The summed E-state index contributed by atoms with van der Waals surface area (Å²) in [6, 6.07) is 3.50. The van der Waals surface area contributed by atoms with E-state index in [1.54, 1.807) is 6.07 Å². The van der Waals surface area contributed by atoms with Crippen LogP contribution in [0.1, 0.15) is 23.5 Å². The summed E-state index contributed by atoms with van der Waals surface area (Å²) >= 11 is 4.66. The van der Waals surface area contributed by atoms with Gasteiger partial charge in [-0.3, -0.25) is 9.59 Å². The first kappa shape index (κ1) is 14.2. The molecule has 0 atom stereocenters. The molecule has 4 nitrogen and oxygen atoms in total. The highest BCUT2D eigenvalue weighted by atomic mass is 79.9. The molecule has 0 aliphatic rings. The molecule has 1 heterocycles. The standard InChI is InChI=1S/C11H14BrNO3S/c1-7(2)13(6-10(14)16-3)11(15)8-4-5-9(12)17-8/h4-5,7H,6H2,1-3H3. The van der Waals surface area contributed by atoms with Crippen LogP contribution in [0.3, 0.4) is 0 Å². The van der Waals surface area contributed by atoms with E-state index < -0.39 is 5.97 Å². The maximum Gasteiger partial charge on any atom is 0.325 e. The van der Waals surface area contributed by atoms with Crippen LogP contribution >= 0.6 is 27.3 Å². The number of rotatable bonds is 4. The number of nitrogens with zero attached hydrogens (tertiary/aromatic N) is 1. The number of carbonyl (C=O) groups excluding carboxylic acids is 2. The minimum absolute atomic E-state index is 0.0253. The van der Waals surface area contributed by atoms with Gasteiger partial charge >= 0.3 is 5.97 Å². The van der Waals surface area contributed by atoms with E-state index in [4.69, 9.17) is 0 Å². The number of hydrogen-bond acceptors (Lipinski definition) is 4. The Morgan fingerprint density at radius 3 is 2.53 bits per heavy atom. The Morgan fingerprint density at radius 1 is 1.47 bits per heavy atom. The molecule has 0 N–H and O–H groups in total. The summed E-state index contributed by atoms with van der Waals surface area (Å²) in [5.41, 5.74) is 0. The van der Waals surface area contributed by atoms with Crippen LogP contribution in [-0.4, -0.2) is 36.5 Å². The molecule has 94 valence electrons. The highest BCUT2D eigenvalue weighted by Crippen LogP contribution is 2.23. The van der Waals surface area contributed by atoms with Gasteiger partial charge in [-0.05, 0) is 41.9 Å². The van der Waals surface area contributed by atoms with Crippen molar-refractivity contribution in [1.29, 1.82) is 0 Å². The van der Waals surface area contributed by atoms with E-state index in [1.165, 1.54) is 23.3 Å². The fraction of sp³-hybridized carbons (Fsp3) is 0.455. The molecule has 6 heteroatoms. The lowest BCUT2D eigenvalue weighted by Gasteiger charge is -2.24. The van der Waals surface area contributed by atoms with Crippen molar-refractivity contribution in [3.63, 3.8) is 0 Å². The number of thiophene rings is 1. The van der Waals surface area contributed by atoms with Crippen LogP contribution in [0, 0.1) is 0 Å². The molecule has 17 heavy (non-hydrogen) atoms. The number of amides is 1. The van der Waals surface area contributed by atoms with Gasteiger partial charge in [-0.15, -0.1) is 11.3 Å². The molecular weight excluding hydrogens is 306 g/mol. The van der Waals surface area contributed by atoms with E-state index in [0.717, 1.165) is 3.79 Å². The third-order valence-electron chi connectivity index (χ3n) is 2.20. The number of methoxy groups -OCH3 is 1. The third-order valence-corrected chi connectivity index (χ3v) is 3.81. The van der Waals surface area contributed by atoms with Crippen LogP contribution in [0.2, 0.25) is 0 Å². The fourth-order valence-electron chi connectivity index (χ4n) is 1.26. The maximum absolute atomic E-state index is 12.2. The predicted octanol–water partition coefficient (Wildman–Crippen LogP) is 2.53. The molecule has 1 aromatic heterocycles. The monoisotopic (exact) mass is 319 g/mol. The zero-order valence-electron chi connectivity index (χ0n) is 9.90. The van der Waals surface area contributed by atoms with Crippen molar-refractivity contribution in [2.75, 3.05) is 13.7 Å². The molecule has 1 amide bonds. The van der Waals surface area contributed by atoms with Gasteiger partial charge in [-0.25, -0.2) is 0 Å². The average molecular weight is 320 g/mol. The second-order valence-corrected chi connectivity index (χ2v) is 6.17. The zero-order valence-corrected chi connectivity index (χ0v) is 12.3. The Kier molecular flexibility index (Phi) is 5.14. The number of halogens is 1. The highest BCUT2D eigenvalue weighted by molar-refractivity contribution is 9.11. The first-order valence-electron chi connectivity index (χ1n) is 5.08. The van der Waals surface area contributed by atoms with Gasteiger partial charge in [0.15, 0.2) is 0 Å². The van der Waals surface area contributed by atoms with E-state index >= 15 is 0 Å². The van der Waals surface area contributed by atoms with Gasteiger partial charge in [0.25, 0.3) is 5.91 Å². The van der Waals surface area contributed by atoms with Crippen molar-refractivity contribution in [2.45, 2.75) is 19.9 Å². The van der Waals surface area contributed by atoms with E-state index in [1.807, 2.05) is 19.9 Å². The average Bonchev–Trinajstić information content (AvgIpc) is 2.71. The highest BCUT2D eigenvalue weighted by Gasteiger charge is 2.22. The lowest BCUT2D eigenvalue weighted by molar-refractivity contribution is -0.141. The summed E-state index contributed by atoms with van der Waals surface area (Å²) in [4.78, 5) is 25.5. The van der Waals surface area contributed by atoms with Gasteiger partial charge in [0.1, 0.15) is 6.54 Å². The second kappa shape index (κ2) is 6.16. The van der Waals surface area contributed by atoms with Crippen LogP contribution in [0.4, 0.5) is 0 Å². The predicted molar refractivity (Wildman–Crippen MR) is 70.2 cm³/mol. The van der Waals surface area contributed by atoms with Crippen molar-refractivity contribution in [3.8, 4) is 0 Å². The van der Waals surface area contributed by atoms with E-state index in [2.05, 4.69) is 20.7 Å². The Balaban J connectivity index is 2.84. The van der Waals surface area contributed by atoms with E-state index in [9.17, 15) is 9.59 Å². The SMILES string of the molecule is COC(=O)CN(C(=O)c1ccc(Br)s1)C(C)C. The van der Waals surface area contributed by atoms with Gasteiger partial charge in [0.2, 0.25) is 0 Å². The van der Waals surface area contributed by atoms with Crippen LogP contribution in [-0.2, 0) is 9.53 Å². The second-order valence-electron chi connectivity index (χ2n) is 3.71. The Hall–Kier alpha value is -0.880. The van der Waals surface area contributed by atoms with E-state index in [-0.39, 0.29) is 18.5 Å². The van der Waals surface area contributed by atoms with Crippen LogP contribution in [0.5, 0.6) is 0 Å².